The van der Waals surface area contributed by atoms with Gasteiger partial charge in [-0.15, -0.1) is 11.8 Å². The highest BCUT2D eigenvalue weighted by atomic mass is 32.2. The van der Waals surface area contributed by atoms with Crippen molar-refractivity contribution in [3.8, 4) is 0 Å². The Bertz CT molecular complexity index is 1010. The normalized spacial score (nSPS) is 18.1. The van der Waals surface area contributed by atoms with Gasteiger partial charge in [0.05, 0.1) is 11.6 Å². The van der Waals surface area contributed by atoms with Crippen LogP contribution in [0.1, 0.15) is 22.8 Å². The standard InChI is InChI=1S/C25H24N2O2S/c28-23(26-16-15-18-9-3-1-4-10-18)17-20-24(19-11-5-2-6-12-19)30-22-14-8-7-13-21(22)27-25(20)29/h1-14,20,24H,15-17H2,(H,26,28)(H,27,29)/t20-,24-/m0/s1. The third kappa shape index (κ3) is 4.92. The van der Waals surface area contributed by atoms with Crippen LogP contribution in [0.2, 0.25) is 0 Å². The molecule has 30 heavy (non-hydrogen) atoms. The Morgan fingerprint density at radius 3 is 2.33 bits per heavy atom. The van der Waals surface area contributed by atoms with E-state index in [4.69, 9.17) is 0 Å². The predicted molar refractivity (Wildman–Crippen MR) is 121 cm³/mol. The van der Waals surface area contributed by atoms with Gasteiger partial charge >= 0.3 is 0 Å². The number of carbonyl (C=O) groups excluding carboxylic acids is 2. The number of hydrogen-bond donors (Lipinski definition) is 2. The molecule has 2 atom stereocenters. The number of rotatable bonds is 6. The van der Waals surface area contributed by atoms with E-state index in [0.717, 1.165) is 22.6 Å². The molecule has 152 valence electrons. The molecule has 0 fully saturated rings. The second kappa shape index (κ2) is 9.63. The molecule has 0 saturated carbocycles. The van der Waals surface area contributed by atoms with E-state index in [9.17, 15) is 9.59 Å². The molecule has 4 nitrogen and oxygen atoms in total. The molecule has 4 rings (SSSR count). The lowest BCUT2D eigenvalue weighted by Gasteiger charge is -2.23. The lowest BCUT2D eigenvalue weighted by molar-refractivity contribution is -0.127. The number of hydrogen-bond acceptors (Lipinski definition) is 3. The Hall–Kier alpha value is -3.05. The maximum absolute atomic E-state index is 13.1. The number of amides is 2. The lowest BCUT2D eigenvalue weighted by atomic mass is 9.94. The van der Waals surface area contributed by atoms with Gasteiger partial charge in [-0.3, -0.25) is 9.59 Å². The van der Waals surface area contributed by atoms with E-state index in [1.807, 2.05) is 84.9 Å². The average Bonchev–Trinajstić information content (AvgIpc) is 2.91. The molecule has 3 aromatic carbocycles. The van der Waals surface area contributed by atoms with Gasteiger partial charge in [0.15, 0.2) is 0 Å². The number of carbonyl (C=O) groups is 2. The molecule has 2 N–H and O–H groups in total. The van der Waals surface area contributed by atoms with Gasteiger partial charge in [0.2, 0.25) is 11.8 Å². The molecule has 0 bridgehead atoms. The molecule has 2 amide bonds. The monoisotopic (exact) mass is 416 g/mol. The molecule has 0 aromatic heterocycles. The fourth-order valence-corrected chi connectivity index (χ4v) is 5.01. The van der Waals surface area contributed by atoms with Crippen molar-refractivity contribution in [2.24, 2.45) is 5.92 Å². The first-order chi connectivity index (χ1) is 14.7. The number of fused-ring (bicyclic) bond motifs is 1. The van der Waals surface area contributed by atoms with Gasteiger partial charge in [0.25, 0.3) is 0 Å². The zero-order valence-corrected chi connectivity index (χ0v) is 17.4. The van der Waals surface area contributed by atoms with Crippen LogP contribution in [0.5, 0.6) is 0 Å². The maximum Gasteiger partial charge on any atom is 0.229 e. The summed E-state index contributed by atoms with van der Waals surface area (Å²) < 4.78 is 0. The van der Waals surface area contributed by atoms with E-state index < -0.39 is 5.92 Å². The van der Waals surface area contributed by atoms with Crippen molar-refractivity contribution in [2.75, 3.05) is 11.9 Å². The molecule has 0 radical (unpaired) electrons. The summed E-state index contributed by atoms with van der Waals surface area (Å²) in [4.78, 5) is 26.8. The minimum Gasteiger partial charge on any atom is -0.356 e. The van der Waals surface area contributed by atoms with Gasteiger partial charge in [0, 0.05) is 23.1 Å². The number of nitrogens with one attached hydrogen (secondary N) is 2. The minimum atomic E-state index is -0.457. The van der Waals surface area contributed by atoms with Crippen LogP contribution in [-0.4, -0.2) is 18.4 Å². The summed E-state index contributed by atoms with van der Waals surface area (Å²) in [7, 11) is 0. The quantitative estimate of drug-likeness (QED) is 0.605. The van der Waals surface area contributed by atoms with Crippen LogP contribution >= 0.6 is 11.8 Å². The molecule has 0 aliphatic carbocycles. The van der Waals surface area contributed by atoms with Gasteiger partial charge < -0.3 is 10.6 Å². The van der Waals surface area contributed by atoms with E-state index in [1.165, 1.54) is 5.56 Å². The summed E-state index contributed by atoms with van der Waals surface area (Å²) in [6, 6.07) is 27.8. The minimum absolute atomic E-state index is 0.0985. The van der Waals surface area contributed by atoms with Crippen LogP contribution in [0, 0.1) is 5.92 Å². The van der Waals surface area contributed by atoms with E-state index in [0.29, 0.717) is 6.54 Å². The molecule has 1 heterocycles. The number of para-hydroxylation sites is 1. The first kappa shape index (κ1) is 20.2. The van der Waals surface area contributed by atoms with Crippen LogP contribution in [0.4, 0.5) is 5.69 Å². The summed E-state index contributed by atoms with van der Waals surface area (Å²) >= 11 is 1.64. The highest BCUT2D eigenvalue weighted by Crippen LogP contribution is 2.47. The zero-order chi connectivity index (χ0) is 20.8. The molecule has 5 heteroatoms. The van der Waals surface area contributed by atoms with Gasteiger partial charge in [-0.25, -0.2) is 0 Å². The number of thioether (sulfide) groups is 1. The molecule has 1 aliphatic rings. The molecule has 1 aliphatic heterocycles. The van der Waals surface area contributed by atoms with E-state index in [1.54, 1.807) is 11.8 Å². The number of benzene rings is 3. The highest BCUT2D eigenvalue weighted by molar-refractivity contribution is 7.99. The van der Waals surface area contributed by atoms with E-state index in [2.05, 4.69) is 10.6 Å². The van der Waals surface area contributed by atoms with Crippen LogP contribution in [0.15, 0.2) is 89.8 Å². The van der Waals surface area contributed by atoms with Gasteiger partial charge in [0.1, 0.15) is 0 Å². The van der Waals surface area contributed by atoms with Crippen molar-refractivity contribution in [2.45, 2.75) is 23.0 Å². The van der Waals surface area contributed by atoms with Crippen molar-refractivity contribution < 1.29 is 9.59 Å². The third-order valence-corrected chi connectivity index (χ3v) is 6.68. The first-order valence-electron chi connectivity index (χ1n) is 10.1. The molecule has 0 spiro atoms. The van der Waals surface area contributed by atoms with Crippen molar-refractivity contribution in [3.05, 3.63) is 96.1 Å². The highest BCUT2D eigenvalue weighted by Gasteiger charge is 2.35. The van der Waals surface area contributed by atoms with E-state index >= 15 is 0 Å². The molecular formula is C25H24N2O2S. The second-order valence-electron chi connectivity index (χ2n) is 7.33. The first-order valence-corrected chi connectivity index (χ1v) is 11.0. The summed E-state index contributed by atoms with van der Waals surface area (Å²) in [5, 5.41) is 5.87. The Labute approximate surface area is 181 Å². The Kier molecular flexibility index (Phi) is 6.50. The summed E-state index contributed by atoms with van der Waals surface area (Å²) in [6.07, 6.45) is 0.924. The fourth-order valence-electron chi connectivity index (χ4n) is 3.66. The maximum atomic E-state index is 13.1. The van der Waals surface area contributed by atoms with Crippen molar-refractivity contribution in [1.82, 2.24) is 5.32 Å². The third-order valence-electron chi connectivity index (χ3n) is 5.21. The van der Waals surface area contributed by atoms with Crippen molar-refractivity contribution >= 4 is 29.3 Å². The second-order valence-corrected chi connectivity index (χ2v) is 8.51. The van der Waals surface area contributed by atoms with Crippen molar-refractivity contribution in [1.29, 1.82) is 0 Å². The topological polar surface area (TPSA) is 58.2 Å². The zero-order valence-electron chi connectivity index (χ0n) is 16.6. The Balaban J connectivity index is 1.49. The largest absolute Gasteiger partial charge is 0.356 e. The molecule has 0 saturated heterocycles. The predicted octanol–water partition coefficient (Wildman–Crippen LogP) is 4.84. The van der Waals surface area contributed by atoms with Crippen molar-refractivity contribution in [3.63, 3.8) is 0 Å². The lowest BCUT2D eigenvalue weighted by Crippen LogP contribution is -2.33. The average molecular weight is 417 g/mol. The SMILES string of the molecule is O=C(C[C@@H]1C(=O)Nc2ccccc2S[C@H]1c1ccccc1)NCCc1ccccc1. The molecular weight excluding hydrogens is 392 g/mol. The fraction of sp³-hybridized carbons (Fsp3) is 0.200. The van der Waals surface area contributed by atoms with Gasteiger partial charge in [-0.1, -0.05) is 72.8 Å². The summed E-state index contributed by atoms with van der Waals surface area (Å²) in [5.74, 6) is -0.667. The van der Waals surface area contributed by atoms with Crippen LogP contribution in [0.3, 0.4) is 0 Å². The number of anilines is 1. The molecule has 3 aromatic rings. The smallest absolute Gasteiger partial charge is 0.229 e. The van der Waals surface area contributed by atoms with Gasteiger partial charge in [-0.2, -0.15) is 0 Å². The van der Waals surface area contributed by atoms with E-state index in [-0.39, 0.29) is 23.5 Å². The van der Waals surface area contributed by atoms with Gasteiger partial charge in [-0.05, 0) is 29.7 Å². The molecule has 0 unspecified atom stereocenters. The summed E-state index contributed by atoms with van der Waals surface area (Å²) in [5.41, 5.74) is 3.04. The summed E-state index contributed by atoms with van der Waals surface area (Å²) in [6.45, 7) is 0.556. The Morgan fingerprint density at radius 2 is 1.57 bits per heavy atom. The van der Waals surface area contributed by atoms with Crippen LogP contribution in [0.25, 0.3) is 0 Å². The van der Waals surface area contributed by atoms with Crippen LogP contribution in [-0.2, 0) is 16.0 Å². The van der Waals surface area contributed by atoms with Crippen LogP contribution < -0.4 is 10.6 Å². The Morgan fingerprint density at radius 1 is 0.900 bits per heavy atom.